The first-order valence-corrected chi connectivity index (χ1v) is 8.75. The lowest BCUT2D eigenvalue weighted by molar-refractivity contribution is -0.908. The Morgan fingerprint density at radius 2 is 1.65 bits per heavy atom. The molecule has 1 aromatic carbocycles. The summed E-state index contributed by atoms with van der Waals surface area (Å²) in [5.41, 5.74) is 0.847. The summed E-state index contributed by atoms with van der Waals surface area (Å²) < 4.78 is 0.841. The molecule has 0 radical (unpaired) electrons. The summed E-state index contributed by atoms with van der Waals surface area (Å²) in [5.74, 6) is -2.53. The number of ketones is 1. The molecule has 1 aliphatic carbocycles. The van der Waals surface area contributed by atoms with Crippen LogP contribution in [0.5, 0.6) is 0 Å². The first kappa shape index (κ1) is 21.6. The minimum Gasteiger partial charge on any atom is -0.545 e. The van der Waals surface area contributed by atoms with E-state index in [0.717, 1.165) is 10.0 Å². The van der Waals surface area contributed by atoms with Gasteiger partial charge in [-0.1, -0.05) is 36.8 Å². The predicted octanol–water partition coefficient (Wildman–Crippen LogP) is 1.66. The van der Waals surface area contributed by atoms with Crippen LogP contribution in [0.2, 0.25) is 0 Å². The summed E-state index contributed by atoms with van der Waals surface area (Å²) in [4.78, 5) is 31.3. The van der Waals surface area contributed by atoms with Crippen molar-refractivity contribution in [2.45, 2.75) is 38.1 Å². The zero-order valence-corrected chi connectivity index (χ0v) is 15.4. The van der Waals surface area contributed by atoms with Gasteiger partial charge < -0.3 is 19.5 Å². The van der Waals surface area contributed by atoms with Crippen molar-refractivity contribution < 1.29 is 29.1 Å². The molecule has 142 valence electrons. The Balaban J connectivity index is 0.000000359. The minimum atomic E-state index is -1.51. The number of benzene rings is 1. The Hall–Kier alpha value is -2.47. The lowest BCUT2D eigenvalue weighted by Crippen LogP contribution is -2.52. The van der Waals surface area contributed by atoms with Gasteiger partial charge in [0, 0.05) is 11.6 Å². The molecule has 0 spiro atoms. The molecule has 1 aromatic rings. The number of carbonyl (C=O) groups excluding carboxylic acids is 2. The van der Waals surface area contributed by atoms with E-state index in [0.29, 0.717) is 24.7 Å². The zero-order chi connectivity index (χ0) is 19.6. The zero-order valence-electron chi connectivity index (χ0n) is 15.4. The smallest absolute Gasteiger partial charge is 0.328 e. The quantitative estimate of drug-likeness (QED) is 0.472. The summed E-state index contributed by atoms with van der Waals surface area (Å²) in [6.07, 6.45) is 7.50. The topological polar surface area (TPSA) is 94.5 Å². The molecular weight excluding hydrogens is 334 g/mol. The Kier molecular flexibility index (Phi) is 8.72. The van der Waals surface area contributed by atoms with Crippen LogP contribution in [0.3, 0.4) is 0 Å². The number of hydrogen-bond acceptors (Lipinski definition) is 4. The standard InChI is InChI=1S/C16H24NO.C4H4O4/c1-17(2,15-11-7-4-8-12-15)13-16(18)14-9-5-3-6-10-14;5-3(6)1-2-4(7)8/h3,5-6,9-10,15H,4,7-8,11-13H2,1-2H3;1-2H,(H,5,6)(H,7,8)/q+1;/p-1/b;2-1-. The van der Waals surface area contributed by atoms with Crippen molar-refractivity contribution >= 4 is 17.7 Å². The van der Waals surface area contributed by atoms with E-state index in [2.05, 4.69) is 14.1 Å². The van der Waals surface area contributed by atoms with Gasteiger partial charge in [0.15, 0.2) is 0 Å². The van der Waals surface area contributed by atoms with Crippen LogP contribution < -0.4 is 5.11 Å². The fourth-order valence-electron chi connectivity index (χ4n) is 3.13. The normalized spacial score (nSPS) is 15.2. The van der Waals surface area contributed by atoms with E-state index in [1.807, 2.05) is 30.3 Å². The Morgan fingerprint density at radius 1 is 1.08 bits per heavy atom. The molecule has 26 heavy (non-hydrogen) atoms. The van der Waals surface area contributed by atoms with Crippen LogP contribution in [0, 0.1) is 0 Å². The van der Waals surface area contributed by atoms with Gasteiger partial charge in [0.25, 0.3) is 0 Å². The van der Waals surface area contributed by atoms with Crippen molar-refractivity contribution in [3.05, 3.63) is 48.0 Å². The summed E-state index contributed by atoms with van der Waals surface area (Å²) in [6, 6.07) is 10.3. The van der Waals surface area contributed by atoms with Crippen molar-refractivity contribution in [1.29, 1.82) is 0 Å². The van der Waals surface area contributed by atoms with Crippen molar-refractivity contribution in [3.8, 4) is 0 Å². The van der Waals surface area contributed by atoms with Gasteiger partial charge in [-0.05, 0) is 31.8 Å². The number of hydrogen-bond donors (Lipinski definition) is 1. The highest BCUT2D eigenvalue weighted by molar-refractivity contribution is 5.96. The number of carboxylic acids is 2. The van der Waals surface area contributed by atoms with Crippen molar-refractivity contribution in [2.75, 3.05) is 20.6 Å². The number of rotatable bonds is 6. The number of aliphatic carboxylic acids is 2. The maximum Gasteiger partial charge on any atom is 0.328 e. The molecule has 1 N–H and O–H groups in total. The van der Waals surface area contributed by atoms with Crippen LogP contribution >= 0.6 is 0 Å². The SMILES string of the molecule is C[N+](C)(CC(=O)c1ccccc1)C1CCCCC1.O=C([O-])/C=C\C(=O)O. The second-order valence-electron chi connectivity index (χ2n) is 7.01. The third-order valence-electron chi connectivity index (χ3n) is 4.57. The first-order chi connectivity index (χ1) is 12.2. The van der Waals surface area contributed by atoms with Crippen molar-refractivity contribution in [3.63, 3.8) is 0 Å². The molecule has 2 rings (SSSR count). The third-order valence-corrected chi connectivity index (χ3v) is 4.57. The number of quaternary nitrogens is 1. The number of likely N-dealkylation sites (N-methyl/N-ethyl adjacent to an activating group) is 1. The van der Waals surface area contributed by atoms with E-state index in [4.69, 9.17) is 5.11 Å². The maximum atomic E-state index is 12.3. The van der Waals surface area contributed by atoms with E-state index in [9.17, 15) is 19.5 Å². The Morgan fingerprint density at radius 3 is 2.12 bits per heavy atom. The lowest BCUT2D eigenvalue weighted by Gasteiger charge is -2.39. The number of nitrogens with zero attached hydrogens (tertiary/aromatic N) is 1. The van der Waals surface area contributed by atoms with E-state index < -0.39 is 11.9 Å². The van der Waals surface area contributed by atoms with Crippen LogP contribution in [0.15, 0.2) is 42.5 Å². The van der Waals surface area contributed by atoms with E-state index in [1.165, 1.54) is 32.1 Å². The molecule has 0 aliphatic heterocycles. The Labute approximate surface area is 154 Å². The largest absolute Gasteiger partial charge is 0.545 e. The van der Waals surface area contributed by atoms with Crippen LogP contribution in [0.1, 0.15) is 42.5 Å². The van der Waals surface area contributed by atoms with Gasteiger partial charge in [-0.2, -0.15) is 0 Å². The molecule has 0 unspecified atom stereocenters. The molecule has 0 amide bonds. The average molecular weight is 361 g/mol. The van der Waals surface area contributed by atoms with Gasteiger partial charge in [0.1, 0.15) is 6.54 Å². The second kappa shape index (κ2) is 10.5. The Bertz CT molecular complexity index is 615. The van der Waals surface area contributed by atoms with Crippen LogP contribution in [-0.4, -0.2) is 54.0 Å². The van der Waals surface area contributed by atoms with Gasteiger partial charge in [-0.25, -0.2) is 4.79 Å². The summed E-state index contributed by atoms with van der Waals surface area (Å²) in [5, 5.41) is 17.2. The van der Waals surface area contributed by atoms with Crippen LogP contribution in [-0.2, 0) is 9.59 Å². The molecule has 1 saturated carbocycles. The lowest BCUT2D eigenvalue weighted by atomic mass is 9.92. The molecule has 1 fully saturated rings. The third kappa shape index (κ3) is 8.07. The molecule has 0 aromatic heterocycles. The monoisotopic (exact) mass is 361 g/mol. The molecule has 6 heteroatoms. The minimum absolute atomic E-state index is 0.270. The molecule has 0 atom stereocenters. The predicted molar refractivity (Wildman–Crippen MR) is 96.4 cm³/mol. The molecular formula is C20H27NO5. The molecule has 0 heterocycles. The molecule has 1 aliphatic rings. The fourth-order valence-corrected chi connectivity index (χ4v) is 3.13. The van der Waals surface area contributed by atoms with E-state index in [-0.39, 0.29) is 5.78 Å². The van der Waals surface area contributed by atoms with Crippen LogP contribution in [0.4, 0.5) is 0 Å². The summed E-state index contributed by atoms with van der Waals surface area (Å²) >= 11 is 0. The fraction of sp³-hybridized carbons (Fsp3) is 0.450. The highest BCUT2D eigenvalue weighted by atomic mass is 16.4. The second-order valence-corrected chi connectivity index (χ2v) is 7.01. The molecule has 0 saturated heterocycles. The van der Waals surface area contributed by atoms with Gasteiger partial charge >= 0.3 is 5.97 Å². The highest BCUT2D eigenvalue weighted by Gasteiger charge is 2.31. The van der Waals surface area contributed by atoms with E-state index >= 15 is 0 Å². The van der Waals surface area contributed by atoms with Crippen molar-refractivity contribution in [2.24, 2.45) is 0 Å². The van der Waals surface area contributed by atoms with Gasteiger partial charge in [0.05, 0.1) is 26.1 Å². The first-order valence-electron chi connectivity index (χ1n) is 8.75. The van der Waals surface area contributed by atoms with Crippen LogP contribution in [0.25, 0.3) is 0 Å². The van der Waals surface area contributed by atoms with Gasteiger partial charge in [-0.15, -0.1) is 0 Å². The van der Waals surface area contributed by atoms with Gasteiger partial charge in [0.2, 0.25) is 5.78 Å². The summed E-state index contributed by atoms with van der Waals surface area (Å²) in [7, 11) is 4.41. The average Bonchev–Trinajstić information content (AvgIpc) is 2.62. The van der Waals surface area contributed by atoms with Crippen molar-refractivity contribution in [1.82, 2.24) is 0 Å². The molecule has 0 bridgehead atoms. The van der Waals surface area contributed by atoms with Gasteiger partial charge in [-0.3, -0.25) is 4.79 Å². The number of carbonyl (C=O) groups is 3. The van der Waals surface area contributed by atoms with E-state index in [1.54, 1.807) is 0 Å². The number of Topliss-reactive ketones (excluding diaryl/α,β-unsaturated/α-hetero) is 1. The number of carboxylic acid groups (broad SMARTS) is 2. The summed E-state index contributed by atoms with van der Waals surface area (Å²) in [6.45, 7) is 0.620. The highest BCUT2D eigenvalue weighted by Crippen LogP contribution is 2.25. The molecule has 6 nitrogen and oxygen atoms in total. The maximum absolute atomic E-state index is 12.3.